The molecule has 0 bridgehead atoms. The van der Waals surface area contributed by atoms with Crippen LogP contribution in [-0.2, 0) is 0 Å². The molecule has 0 radical (unpaired) electrons. The predicted octanol–water partition coefficient (Wildman–Crippen LogP) is 4.74. The Morgan fingerprint density at radius 3 is 2.67 bits per heavy atom. The zero-order valence-corrected chi connectivity index (χ0v) is 11.9. The molecular weight excluding hydrogens is 262 g/mol. The molecule has 1 aliphatic rings. The molecule has 94 valence electrons. The first-order valence-corrected chi connectivity index (χ1v) is 7.51. The van der Waals surface area contributed by atoms with Gasteiger partial charge in [-0.2, -0.15) is 0 Å². The van der Waals surface area contributed by atoms with Gasteiger partial charge in [-0.3, -0.25) is 0 Å². The summed E-state index contributed by atoms with van der Waals surface area (Å²) in [6.45, 7) is 0. The van der Waals surface area contributed by atoms with E-state index in [1.54, 1.807) is 0 Å². The minimum atomic E-state index is 0.520. The molecular formula is C15H16ClNS. The van der Waals surface area contributed by atoms with Gasteiger partial charge in [-0.05, 0) is 44.0 Å². The van der Waals surface area contributed by atoms with Crippen molar-refractivity contribution in [1.82, 2.24) is 5.32 Å². The first-order chi connectivity index (χ1) is 8.79. The Balaban J connectivity index is 1.91. The lowest BCUT2D eigenvalue weighted by molar-refractivity contribution is 0.537. The van der Waals surface area contributed by atoms with Gasteiger partial charge in [0.15, 0.2) is 0 Å². The number of hydrogen-bond donors (Lipinski definition) is 1. The molecule has 1 aromatic carbocycles. The van der Waals surface area contributed by atoms with Crippen LogP contribution in [0.3, 0.4) is 0 Å². The maximum absolute atomic E-state index is 6.25. The van der Waals surface area contributed by atoms with E-state index in [1.165, 1.54) is 22.6 Å². The number of halogens is 1. The van der Waals surface area contributed by atoms with Crippen LogP contribution in [0.2, 0.25) is 5.02 Å². The zero-order valence-electron chi connectivity index (χ0n) is 10.3. The second kappa shape index (κ2) is 5.04. The summed E-state index contributed by atoms with van der Waals surface area (Å²) in [6, 6.07) is 13.0. The molecule has 1 fully saturated rings. The summed E-state index contributed by atoms with van der Waals surface area (Å²) in [5, 5.41) is 4.27. The van der Waals surface area contributed by atoms with Gasteiger partial charge >= 0.3 is 0 Å². The molecule has 1 atom stereocenters. The van der Waals surface area contributed by atoms with Gasteiger partial charge in [-0.15, -0.1) is 11.3 Å². The molecule has 1 aliphatic carbocycles. The van der Waals surface area contributed by atoms with Gasteiger partial charge in [0.25, 0.3) is 0 Å². The summed E-state index contributed by atoms with van der Waals surface area (Å²) < 4.78 is 0. The summed E-state index contributed by atoms with van der Waals surface area (Å²) in [5.74, 6) is 0.827. The van der Waals surface area contributed by atoms with E-state index in [1.807, 2.05) is 29.5 Å². The predicted molar refractivity (Wildman–Crippen MR) is 79.3 cm³/mol. The quantitative estimate of drug-likeness (QED) is 0.851. The standard InChI is InChI=1S/C15H16ClNS/c1-17-15(10-6-7-10)14-9-8-13(18-14)11-4-2-3-5-12(11)16/h2-5,8-10,15,17H,6-7H2,1H3. The summed E-state index contributed by atoms with van der Waals surface area (Å²) in [7, 11) is 2.05. The molecule has 3 heteroatoms. The van der Waals surface area contributed by atoms with Crippen molar-refractivity contribution >= 4 is 22.9 Å². The van der Waals surface area contributed by atoms with Gasteiger partial charge in [-0.1, -0.05) is 29.8 Å². The Labute approximate surface area is 117 Å². The van der Waals surface area contributed by atoms with Crippen molar-refractivity contribution in [2.24, 2.45) is 5.92 Å². The highest BCUT2D eigenvalue weighted by molar-refractivity contribution is 7.15. The Morgan fingerprint density at radius 2 is 2.00 bits per heavy atom. The monoisotopic (exact) mass is 277 g/mol. The van der Waals surface area contributed by atoms with E-state index in [4.69, 9.17) is 11.6 Å². The molecule has 3 rings (SSSR count). The van der Waals surface area contributed by atoms with E-state index in [0.717, 1.165) is 16.5 Å². The average molecular weight is 278 g/mol. The topological polar surface area (TPSA) is 12.0 Å². The highest BCUT2D eigenvalue weighted by Crippen LogP contribution is 2.44. The maximum Gasteiger partial charge on any atom is 0.0492 e. The molecule has 1 N–H and O–H groups in total. The maximum atomic E-state index is 6.25. The lowest BCUT2D eigenvalue weighted by atomic mass is 10.1. The molecule has 1 nitrogen and oxygen atoms in total. The van der Waals surface area contributed by atoms with Crippen molar-refractivity contribution in [3.63, 3.8) is 0 Å². The van der Waals surface area contributed by atoms with Gasteiger partial charge < -0.3 is 5.32 Å². The van der Waals surface area contributed by atoms with E-state index in [0.29, 0.717) is 6.04 Å². The third kappa shape index (κ3) is 2.33. The van der Waals surface area contributed by atoms with Gasteiger partial charge in [0, 0.05) is 26.4 Å². The van der Waals surface area contributed by atoms with E-state index in [9.17, 15) is 0 Å². The van der Waals surface area contributed by atoms with Crippen LogP contribution in [0.4, 0.5) is 0 Å². The minimum Gasteiger partial charge on any atom is -0.312 e. The third-order valence-corrected chi connectivity index (χ3v) is 5.01. The van der Waals surface area contributed by atoms with E-state index in [2.05, 4.69) is 30.6 Å². The zero-order chi connectivity index (χ0) is 12.5. The van der Waals surface area contributed by atoms with Crippen LogP contribution in [0, 0.1) is 5.92 Å². The first-order valence-electron chi connectivity index (χ1n) is 6.31. The molecule has 2 aromatic rings. The normalized spacial score (nSPS) is 16.8. The fourth-order valence-corrected chi connectivity index (χ4v) is 3.91. The van der Waals surface area contributed by atoms with Gasteiger partial charge in [0.1, 0.15) is 0 Å². The second-order valence-corrected chi connectivity index (χ2v) is 6.31. The van der Waals surface area contributed by atoms with E-state index >= 15 is 0 Å². The Bertz CT molecular complexity index is 545. The average Bonchev–Trinajstić information content (AvgIpc) is 3.09. The van der Waals surface area contributed by atoms with Crippen LogP contribution in [-0.4, -0.2) is 7.05 Å². The van der Waals surface area contributed by atoms with Crippen LogP contribution in [0.15, 0.2) is 36.4 Å². The third-order valence-electron chi connectivity index (χ3n) is 3.48. The molecule has 0 amide bonds. The van der Waals surface area contributed by atoms with Crippen LogP contribution in [0.1, 0.15) is 23.8 Å². The van der Waals surface area contributed by atoms with Gasteiger partial charge in [0.05, 0.1) is 0 Å². The van der Waals surface area contributed by atoms with Crippen molar-refractivity contribution < 1.29 is 0 Å². The molecule has 1 heterocycles. The second-order valence-electron chi connectivity index (χ2n) is 4.79. The first kappa shape index (κ1) is 12.2. The highest BCUT2D eigenvalue weighted by atomic mass is 35.5. The molecule has 0 spiro atoms. The number of hydrogen-bond acceptors (Lipinski definition) is 2. The van der Waals surface area contributed by atoms with Crippen molar-refractivity contribution in [3.8, 4) is 10.4 Å². The van der Waals surface area contributed by atoms with Crippen LogP contribution in [0.5, 0.6) is 0 Å². The number of benzene rings is 1. The Kier molecular flexibility index (Phi) is 3.42. The van der Waals surface area contributed by atoms with Gasteiger partial charge in [-0.25, -0.2) is 0 Å². The number of rotatable bonds is 4. The van der Waals surface area contributed by atoms with Crippen molar-refractivity contribution in [2.45, 2.75) is 18.9 Å². The van der Waals surface area contributed by atoms with Crippen LogP contribution in [0.25, 0.3) is 10.4 Å². The molecule has 1 unspecified atom stereocenters. The molecule has 0 saturated heterocycles. The van der Waals surface area contributed by atoms with Crippen molar-refractivity contribution in [2.75, 3.05) is 7.05 Å². The van der Waals surface area contributed by atoms with E-state index < -0.39 is 0 Å². The highest BCUT2D eigenvalue weighted by Gasteiger charge is 2.32. The van der Waals surface area contributed by atoms with Crippen LogP contribution < -0.4 is 5.32 Å². The van der Waals surface area contributed by atoms with Crippen molar-refractivity contribution in [3.05, 3.63) is 46.3 Å². The fraction of sp³-hybridized carbons (Fsp3) is 0.333. The van der Waals surface area contributed by atoms with Crippen molar-refractivity contribution in [1.29, 1.82) is 0 Å². The molecule has 1 saturated carbocycles. The summed E-state index contributed by atoms with van der Waals surface area (Å²) in [4.78, 5) is 2.69. The minimum absolute atomic E-state index is 0.520. The molecule has 1 aromatic heterocycles. The number of thiophene rings is 1. The smallest absolute Gasteiger partial charge is 0.0492 e. The van der Waals surface area contributed by atoms with E-state index in [-0.39, 0.29) is 0 Å². The summed E-state index contributed by atoms with van der Waals surface area (Å²) in [6.07, 6.45) is 2.70. The molecule has 0 aliphatic heterocycles. The largest absolute Gasteiger partial charge is 0.312 e. The Hall–Kier alpha value is -0.830. The number of nitrogens with one attached hydrogen (secondary N) is 1. The summed E-state index contributed by atoms with van der Waals surface area (Å²) >= 11 is 8.10. The Morgan fingerprint density at radius 1 is 1.22 bits per heavy atom. The summed E-state index contributed by atoms with van der Waals surface area (Å²) in [5.41, 5.74) is 1.14. The van der Waals surface area contributed by atoms with Crippen LogP contribution >= 0.6 is 22.9 Å². The fourth-order valence-electron chi connectivity index (χ4n) is 2.37. The van der Waals surface area contributed by atoms with Gasteiger partial charge in [0.2, 0.25) is 0 Å². The lowest BCUT2D eigenvalue weighted by Crippen LogP contribution is -2.16. The molecule has 18 heavy (non-hydrogen) atoms. The lowest BCUT2D eigenvalue weighted by Gasteiger charge is -2.12. The SMILES string of the molecule is CNC(c1ccc(-c2ccccc2Cl)s1)C1CC1.